The summed E-state index contributed by atoms with van der Waals surface area (Å²) in [6.45, 7) is 4.16. The SMILES string of the molecule is CCCC1CCC(Cc2cccc(C)n2)(C(=O)O)CC1. The fraction of sp³-hybridized carbons (Fsp3) is 0.647. The van der Waals surface area contributed by atoms with Crippen LogP contribution in [0.15, 0.2) is 18.2 Å². The van der Waals surface area contributed by atoms with Gasteiger partial charge in [-0.25, -0.2) is 0 Å². The second kappa shape index (κ2) is 6.38. The second-order valence-electron chi connectivity index (χ2n) is 6.26. The number of aromatic nitrogens is 1. The molecular weight excluding hydrogens is 250 g/mol. The van der Waals surface area contributed by atoms with Gasteiger partial charge in [0, 0.05) is 17.8 Å². The predicted octanol–water partition coefficient (Wildman–Crippen LogP) is 3.99. The Labute approximate surface area is 121 Å². The van der Waals surface area contributed by atoms with Gasteiger partial charge in [-0.1, -0.05) is 25.8 Å². The highest BCUT2D eigenvalue weighted by Crippen LogP contribution is 2.42. The maximum Gasteiger partial charge on any atom is 0.310 e. The number of pyridine rings is 1. The molecule has 3 nitrogen and oxygen atoms in total. The Kier molecular flexibility index (Phi) is 4.79. The molecule has 3 heteroatoms. The third-order valence-electron chi connectivity index (χ3n) is 4.68. The van der Waals surface area contributed by atoms with Crippen LogP contribution in [0, 0.1) is 18.3 Å². The standard InChI is InChI=1S/C17H25NO2/c1-3-5-14-8-10-17(11-9-14,16(19)20)12-15-7-4-6-13(2)18-15/h4,6-7,14H,3,5,8-12H2,1-2H3,(H,19,20). The first kappa shape index (κ1) is 15.0. The molecule has 1 aromatic heterocycles. The predicted molar refractivity (Wildman–Crippen MR) is 79.6 cm³/mol. The van der Waals surface area contributed by atoms with Crippen LogP contribution in [-0.4, -0.2) is 16.1 Å². The lowest BCUT2D eigenvalue weighted by atomic mass is 9.67. The van der Waals surface area contributed by atoms with E-state index in [4.69, 9.17) is 0 Å². The molecule has 0 spiro atoms. The maximum absolute atomic E-state index is 11.8. The molecule has 1 heterocycles. The molecule has 1 fully saturated rings. The Morgan fingerprint density at radius 1 is 1.40 bits per heavy atom. The zero-order chi connectivity index (χ0) is 14.6. The normalized spacial score (nSPS) is 26.4. The first-order valence-electron chi connectivity index (χ1n) is 7.72. The van der Waals surface area contributed by atoms with Crippen LogP contribution in [0.2, 0.25) is 0 Å². The number of aliphatic carboxylic acids is 1. The fourth-order valence-corrected chi connectivity index (χ4v) is 3.44. The van der Waals surface area contributed by atoms with Crippen molar-refractivity contribution in [3.8, 4) is 0 Å². The summed E-state index contributed by atoms with van der Waals surface area (Å²) < 4.78 is 0. The van der Waals surface area contributed by atoms with Gasteiger partial charge in [0.05, 0.1) is 5.41 Å². The Morgan fingerprint density at radius 3 is 2.65 bits per heavy atom. The van der Waals surface area contributed by atoms with Crippen molar-refractivity contribution in [2.45, 2.75) is 58.8 Å². The average molecular weight is 275 g/mol. The molecular formula is C17H25NO2. The summed E-state index contributed by atoms with van der Waals surface area (Å²) in [6.07, 6.45) is 6.69. The van der Waals surface area contributed by atoms with Crippen molar-refractivity contribution in [2.24, 2.45) is 11.3 Å². The molecule has 1 aliphatic carbocycles. The number of nitrogens with zero attached hydrogens (tertiary/aromatic N) is 1. The van der Waals surface area contributed by atoms with E-state index in [0.29, 0.717) is 6.42 Å². The molecule has 0 radical (unpaired) electrons. The summed E-state index contributed by atoms with van der Waals surface area (Å²) in [5.41, 5.74) is 1.29. The first-order chi connectivity index (χ1) is 9.55. The van der Waals surface area contributed by atoms with E-state index in [0.717, 1.165) is 43.0 Å². The molecule has 0 atom stereocenters. The van der Waals surface area contributed by atoms with Gasteiger partial charge >= 0.3 is 5.97 Å². The summed E-state index contributed by atoms with van der Waals surface area (Å²) in [6, 6.07) is 5.88. The van der Waals surface area contributed by atoms with Crippen LogP contribution < -0.4 is 0 Å². The molecule has 2 rings (SSSR count). The van der Waals surface area contributed by atoms with Crippen molar-refractivity contribution in [3.05, 3.63) is 29.6 Å². The molecule has 20 heavy (non-hydrogen) atoms. The van der Waals surface area contributed by atoms with Gasteiger partial charge in [0.15, 0.2) is 0 Å². The van der Waals surface area contributed by atoms with Crippen LogP contribution in [-0.2, 0) is 11.2 Å². The Balaban J connectivity index is 2.10. The van der Waals surface area contributed by atoms with Crippen molar-refractivity contribution in [2.75, 3.05) is 0 Å². The lowest BCUT2D eigenvalue weighted by Gasteiger charge is -2.36. The summed E-state index contributed by atoms with van der Waals surface area (Å²) in [5.74, 6) is 0.0775. The molecule has 1 aromatic rings. The third-order valence-corrected chi connectivity index (χ3v) is 4.68. The first-order valence-corrected chi connectivity index (χ1v) is 7.72. The molecule has 0 aliphatic heterocycles. The second-order valence-corrected chi connectivity index (χ2v) is 6.26. The van der Waals surface area contributed by atoms with Crippen LogP contribution in [0.3, 0.4) is 0 Å². The van der Waals surface area contributed by atoms with Crippen molar-refractivity contribution >= 4 is 5.97 Å². The maximum atomic E-state index is 11.8. The Hall–Kier alpha value is -1.38. The Bertz CT molecular complexity index is 462. The monoisotopic (exact) mass is 275 g/mol. The van der Waals surface area contributed by atoms with E-state index in [2.05, 4.69) is 11.9 Å². The van der Waals surface area contributed by atoms with Crippen molar-refractivity contribution in [1.82, 2.24) is 4.98 Å². The van der Waals surface area contributed by atoms with Gasteiger partial charge in [-0.15, -0.1) is 0 Å². The largest absolute Gasteiger partial charge is 0.481 e. The number of hydrogen-bond acceptors (Lipinski definition) is 2. The van der Waals surface area contributed by atoms with Crippen LogP contribution in [0.1, 0.15) is 56.8 Å². The number of hydrogen-bond donors (Lipinski definition) is 1. The van der Waals surface area contributed by atoms with E-state index in [1.165, 1.54) is 12.8 Å². The summed E-state index contributed by atoms with van der Waals surface area (Å²) in [4.78, 5) is 16.3. The van der Waals surface area contributed by atoms with E-state index < -0.39 is 11.4 Å². The third kappa shape index (κ3) is 3.38. The van der Waals surface area contributed by atoms with Crippen LogP contribution >= 0.6 is 0 Å². The van der Waals surface area contributed by atoms with Gasteiger partial charge in [0.2, 0.25) is 0 Å². The Morgan fingerprint density at radius 2 is 2.10 bits per heavy atom. The number of carboxylic acid groups (broad SMARTS) is 1. The quantitative estimate of drug-likeness (QED) is 0.883. The molecule has 1 saturated carbocycles. The molecule has 0 saturated heterocycles. The van der Waals surface area contributed by atoms with Gasteiger partial charge in [-0.2, -0.15) is 0 Å². The minimum Gasteiger partial charge on any atom is -0.481 e. The lowest BCUT2D eigenvalue weighted by Crippen LogP contribution is -2.37. The van der Waals surface area contributed by atoms with Gasteiger partial charge < -0.3 is 5.11 Å². The highest BCUT2D eigenvalue weighted by atomic mass is 16.4. The summed E-state index contributed by atoms with van der Waals surface area (Å²) >= 11 is 0. The highest BCUT2D eigenvalue weighted by Gasteiger charge is 2.42. The zero-order valence-electron chi connectivity index (χ0n) is 12.6. The van der Waals surface area contributed by atoms with Crippen LogP contribution in [0.5, 0.6) is 0 Å². The molecule has 0 unspecified atom stereocenters. The summed E-state index contributed by atoms with van der Waals surface area (Å²) in [7, 11) is 0. The zero-order valence-corrected chi connectivity index (χ0v) is 12.6. The lowest BCUT2D eigenvalue weighted by molar-refractivity contribution is -0.151. The van der Waals surface area contributed by atoms with Crippen LogP contribution in [0.4, 0.5) is 0 Å². The van der Waals surface area contributed by atoms with Crippen molar-refractivity contribution < 1.29 is 9.90 Å². The van der Waals surface area contributed by atoms with E-state index in [1.807, 2.05) is 25.1 Å². The molecule has 110 valence electrons. The van der Waals surface area contributed by atoms with E-state index >= 15 is 0 Å². The minimum absolute atomic E-state index is 0.572. The molecule has 1 aliphatic rings. The van der Waals surface area contributed by atoms with Crippen molar-refractivity contribution in [1.29, 1.82) is 0 Å². The minimum atomic E-state index is -0.643. The molecule has 0 bridgehead atoms. The van der Waals surface area contributed by atoms with E-state index in [-0.39, 0.29) is 0 Å². The number of carboxylic acids is 1. The molecule has 0 amide bonds. The topological polar surface area (TPSA) is 50.2 Å². The van der Waals surface area contributed by atoms with E-state index in [1.54, 1.807) is 0 Å². The van der Waals surface area contributed by atoms with Gasteiger partial charge in [-0.05, 0) is 50.7 Å². The van der Waals surface area contributed by atoms with Crippen LogP contribution in [0.25, 0.3) is 0 Å². The number of carbonyl (C=O) groups is 1. The average Bonchev–Trinajstić information content (AvgIpc) is 2.41. The van der Waals surface area contributed by atoms with Gasteiger partial charge in [-0.3, -0.25) is 9.78 Å². The molecule has 1 N–H and O–H groups in total. The van der Waals surface area contributed by atoms with Gasteiger partial charge in [0.1, 0.15) is 0 Å². The van der Waals surface area contributed by atoms with E-state index in [9.17, 15) is 9.90 Å². The fourth-order valence-electron chi connectivity index (χ4n) is 3.44. The summed E-state index contributed by atoms with van der Waals surface area (Å²) in [5, 5.41) is 9.71. The number of aryl methyl sites for hydroxylation is 1. The smallest absolute Gasteiger partial charge is 0.310 e. The molecule has 0 aromatic carbocycles. The highest BCUT2D eigenvalue weighted by molar-refractivity contribution is 5.75. The van der Waals surface area contributed by atoms with Crippen molar-refractivity contribution in [3.63, 3.8) is 0 Å². The number of rotatable bonds is 5. The van der Waals surface area contributed by atoms with Gasteiger partial charge in [0.25, 0.3) is 0 Å².